The molecule has 0 bridgehead atoms. The van der Waals surface area contributed by atoms with Crippen LogP contribution in [0.25, 0.3) is 0 Å². The Morgan fingerprint density at radius 2 is 2.20 bits per heavy atom. The summed E-state index contributed by atoms with van der Waals surface area (Å²) in [7, 11) is -3.71. The topological polar surface area (TPSA) is 86.1 Å². The van der Waals surface area contributed by atoms with Crippen LogP contribution in [0, 0.1) is 11.3 Å². The van der Waals surface area contributed by atoms with Crippen molar-refractivity contribution in [1.29, 1.82) is 5.26 Å². The van der Waals surface area contributed by atoms with E-state index in [1.54, 1.807) is 0 Å². The minimum atomic E-state index is -3.71. The van der Waals surface area contributed by atoms with Gasteiger partial charge in [-0.3, -0.25) is 0 Å². The van der Waals surface area contributed by atoms with E-state index in [9.17, 15) is 8.42 Å². The summed E-state index contributed by atoms with van der Waals surface area (Å²) in [4.78, 5) is 5.96. The molecule has 1 aliphatic rings. The Morgan fingerprint density at radius 1 is 1.50 bits per heavy atom. The van der Waals surface area contributed by atoms with E-state index in [2.05, 4.69) is 14.6 Å². The van der Waals surface area contributed by atoms with Gasteiger partial charge in [0.05, 0.1) is 0 Å². The van der Waals surface area contributed by atoms with Crippen molar-refractivity contribution in [3.8, 4) is 6.07 Å². The van der Waals surface area contributed by atoms with Crippen LogP contribution in [0.5, 0.6) is 0 Å². The van der Waals surface area contributed by atoms with Gasteiger partial charge in [-0.05, 0) is 45.0 Å². The molecule has 2 heterocycles. The predicted molar refractivity (Wildman–Crippen MR) is 74.4 cm³/mol. The predicted octanol–water partition coefficient (Wildman–Crippen LogP) is 0.716. The highest BCUT2D eigenvalue weighted by molar-refractivity contribution is 7.89. The molecular weight excluding hydrogens is 276 g/mol. The molecule has 7 heteroatoms. The zero-order chi connectivity index (χ0) is 14.6. The van der Waals surface area contributed by atoms with Gasteiger partial charge in [-0.2, -0.15) is 5.26 Å². The van der Waals surface area contributed by atoms with Crippen LogP contribution in [0.2, 0.25) is 0 Å². The number of aromatic nitrogens is 1. The minimum absolute atomic E-state index is 0.0595. The summed E-state index contributed by atoms with van der Waals surface area (Å²) in [5, 5.41) is 8.93. The molecule has 108 valence electrons. The van der Waals surface area contributed by atoms with Gasteiger partial charge in [-0.15, -0.1) is 0 Å². The number of rotatable bonds is 5. The molecule has 0 radical (unpaired) electrons. The lowest BCUT2D eigenvalue weighted by Gasteiger charge is -2.21. The fourth-order valence-electron chi connectivity index (χ4n) is 2.41. The van der Waals surface area contributed by atoms with Crippen LogP contribution in [-0.4, -0.2) is 44.0 Å². The van der Waals surface area contributed by atoms with Crippen LogP contribution in [-0.2, 0) is 10.0 Å². The second-order valence-corrected chi connectivity index (χ2v) is 6.67. The molecule has 0 spiro atoms. The Morgan fingerprint density at radius 3 is 2.85 bits per heavy atom. The molecule has 0 amide bonds. The Labute approximate surface area is 119 Å². The highest BCUT2D eigenvalue weighted by Gasteiger charge is 2.23. The normalized spacial score (nSPS) is 17.8. The number of sulfonamides is 1. The second-order valence-electron chi connectivity index (χ2n) is 4.99. The van der Waals surface area contributed by atoms with E-state index in [1.807, 2.05) is 13.0 Å². The molecule has 1 aromatic rings. The number of hydrogen-bond donors (Lipinski definition) is 1. The largest absolute Gasteiger partial charge is 0.302 e. The second kappa shape index (κ2) is 6.31. The van der Waals surface area contributed by atoms with Crippen LogP contribution in [0.3, 0.4) is 0 Å². The summed E-state index contributed by atoms with van der Waals surface area (Å²) in [5.41, 5.74) is -0.0756. The summed E-state index contributed by atoms with van der Waals surface area (Å²) in [6, 6.07) is 4.52. The fraction of sp³-hybridized carbons (Fsp3) is 0.538. The lowest BCUT2D eigenvalue weighted by molar-refractivity contribution is 0.312. The maximum Gasteiger partial charge on any atom is 0.243 e. The average Bonchev–Trinajstić information content (AvgIpc) is 2.90. The van der Waals surface area contributed by atoms with Crippen molar-refractivity contribution < 1.29 is 8.42 Å². The van der Waals surface area contributed by atoms with Gasteiger partial charge in [-0.25, -0.2) is 18.1 Å². The number of nitrogens with zero attached hydrogens (tertiary/aromatic N) is 3. The Kier molecular flexibility index (Phi) is 4.70. The van der Waals surface area contributed by atoms with Gasteiger partial charge >= 0.3 is 0 Å². The number of nitrogens with one attached hydrogen (secondary N) is 1. The van der Waals surface area contributed by atoms with Crippen molar-refractivity contribution in [3.63, 3.8) is 0 Å². The standard InChI is InChI=1S/C13H18N4O2S/c1-11(10-17-7-2-3-8-17)16-20(18,19)13-5-4-6-15-12(13)9-14/h4-6,11,16H,2-3,7-8,10H2,1H3. The molecule has 6 nitrogen and oxygen atoms in total. The van der Waals surface area contributed by atoms with Crippen molar-refractivity contribution in [1.82, 2.24) is 14.6 Å². The van der Waals surface area contributed by atoms with Gasteiger partial charge in [0.1, 0.15) is 11.0 Å². The molecule has 1 saturated heterocycles. The monoisotopic (exact) mass is 294 g/mol. The molecule has 1 aromatic heterocycles. The molecule has 1 unspecified atom stereocenters. The van der Waals surface area contributed by atoms with Crippen molar-refractivity contribution in [2.45, 2.75) is 30.7 Å². The van der Waals surface area contributed by atoms with Crippen LogP contribution in [0.4, 0.5) is 0 Å². The highest BCUT2D eigenvalue weighted by Crippen LogP contribution is 2.13. The summed E-state index contributed by atoms with van der Waals surface area (Å²) >= 11 is 0. The first-order chi connectivity index (χ1) is 9.53. The Bertz CT molecular complexity index is 603. The number of pyridine rings is 1. The Hall–Kier alpha value is -1.49. The van der Waals surface area contributed by atoms with Crippen LogP contribution >= 0.6 is 0 Å². The van der Waals surface area contributed by atoms with Crippen molar-refractivity contribution in [2.75, 3.05) is 19.6 Å². The van der Waals surface area contributed by atoms with Crippen LogP contribution in [0.15, 0.2) is 23.2 Å². The number of hydrogen-bond acceptors (Lipinski definition) is 5. The molecule has 1 aliphatic heterocycles. The van der Waals surface area contributed by atoms with Gasteiger partial charge in [0.2, 0.25) is 10.0 Å². The van der Waals surface area contributed by atoms with Gasteiger partial charge in [0.25, 0.3) is 0 Å². The SMILES string of the molecule is CC(CN1CCCC1)NS(=O)(=O)c1cccnc1C#N. The maximum atomic E-state index is 12.3. The Balaban J connectivity index is 2.08. The molecule has 0 saturated carbocycles. The fourth-order valence-corrected chi connectivity index (χ4v) is 3.75. The van der Waals surface area contributed by atoms with E-state index >= 15 is 0 Å². The summed E-state index contributed by atoms with van der Waals surface area (Å²) in [6.45, 7) is 4.55. The zero-order valence-electron chi connectivity index (χ0n) is 11.4. The van der Waals surface area contributed by atoms with Gasteiger partial charge < -0.3 is 4.90 Å². The lowest BCUT2D eigenvalue weighted by atomic mass is 10.3. The molecule has 0 aromatic carbocycles. The summed E-state index contributed by atoms with van der Waals surface area (Å²) < 4.78 is 27.2. The van der Waals surface area contributed by atoms with Crippen LogP contribution < -0.4 is 4.72 Å². The average molecular weight is 294 g/mol. The molecule has 20 heavy (non-hydrogen) atoms. The van der Waals surface area contributed by atoms with Gasteiger partial charge in [0.15, 0.2) is 5.69 Å². The van der Waals surface area contributed by atoms with E-state index in [1.165, 1.54) is 31.2 Å². The van der Waals surface area contributed by atoms with E-state index in [4.69, 9.17) is 5.26 Å². The van der Waals surface area contributed by atoms with Crippen molar-refractivity contribution in [3.05, 3.63) is 24.0 Å². The molecule has 1 atom stereocenters. The van der Waals surface area contributed by atoms with Crippen LogP contribution in [0.1, 0.15) is 25.5 Å². The molecular formula is C13H18N4O2S. The lowest BCUT2D eigenvalue weighted by Crippen LogP contribution is -2.41. The van der Waals surface area contributed by atoms with E-state index in [0.29, 0.717) is 6.54 Å². The van der Waals surface area contributed by atoms with Gasteiger partial charge in [0, 0.05) is 18.8 Å². The third-order valence-electron chi connectivity index (χ3n) is 3.25. The molecule has 0 aliphatic carbocycles. The smallest absolute Gasteiger partial charge is 0.243 e. The third kappa shape index (κ3) is 3.54. The zero-order valence-corrected chi connectivity index (χ0v) is 12.2. The van der Waals surface area contributed by atoms with E-state index < -0.39 is 10.0 Å². The summed E-state index contributed by atoms with van der Waals surface area (Å²) in [6.07, 6.45) is 3.74. The van der Waals surface area contributed by atoms with E-state index in [0.717, 1.165) is 13.1 Å². The number of nitriles is 1. The highest BCUT2D eigenvalue weighted by atomic mass is 32.2. The summed E-state index contributed by atoms with van der Waals surface area (Å²) in [5.74, 6) is 0. The minimum Gasteiger partial charge on any atom is -0.302 e. The molecule has 2 rings (SSSR count). The maximum absolute atomic E-state index is 12.3. The van der Waals surface area contributed by atoms with Crippen molar-refractivity contribution >= 4 is 10.0 Å². The first-order valence-electron chi connectivity index (χ1n) is 6.63. The van der Waals surface area contributed by atoms with E-state index in [-0.39, 0.29) is 16.6 Å². The first-order valence-corrected chi connectivity index (χ1v) is 8.11. The third-order valence-corrected chi connectivity index (χ3v) is 4.87. The first kappa shape index (κ1) is 14.9. The van der Waals surface area contributed by atoms with Gasteiger partial charge in [-0.1, -0.05) is 0 Å². The quantitative estimate of drug-likeness (QED) is 0.864. The number of likely N-dealkylation sites (tertiary alicyclic amines) is 1. The molecule has 1 fully saturated rings. The molecule has 1 N–H and O–H groups in total. The van der Waals surface area contributed by atoms with Crippen molar-refractivity contribution in [2.24, 2.45) is 0 Å².